The number of halogens is 1. The van der Waals surface area contributed by atoms with Gasteiger partial charge in [-0.2, -0.15) is 0 Å². The SMILES string of the molecule is Cc1noc(C)c1CSc1nc2cc(Cl)ccc2c(=O)n1C(C)C. The molecular formula is C17H18ClN3O2S. The zero-order valence-electron chi connectivity index (χ0n) is 14.0. The van der Waals surface area contributed by atoms with Crippen LogP contribution in [0, 0.1) is 13.8 Å². The van der Waals surface area contributed by atoms with Crippen molar-refractivity contribution in [2.24, 2.45) is 0 Å². The first-order valence-corrected chi connectivity index (χ1v) is 9.01. The minimum atomic E-state index is -0.0482. The number of hydrogen-bond acceptors (Lipinski definition) is 5. The Kier molecular flexibility index (Phi) is 4.69. The lowest BCUT2D eigenvalue weighted by Crippen LogP contribution is -2.25. The van der Waals surface area contributed by atoms with Gasteiger partial charge in [0, 0.05) is 22.4 Å². The fourth-order valence-electron chi connectivity index (χ4n) is 2.55. The highest BCUT2D eigenvalue weighted by molar-refractivity contribution is 7.98. The van der Waals surface area contributed by atoms with Gasteiger partial charge in [-0.05, 0) is 45.9 Å². The average Bonchev–Trinajstić information content (AvgIpc) is 2.83. The van der Waals surface area contributed by atoms with E-state index in [1.807, 2.05) is 27.7 Å². The first kappa shape index (κ1) is 17.0. The molecule has 0 aliphatic rings. The molecule has 0 amide bonds. The number of aromatic nitrogens is 3. The molecule has 5 nitrogen and oxygen atoms in total. The van der Waals surface area contributed by atoms with E-state index in [1.165, 1.54) is 11.8 Å². The van der Waals surface area contributed by atoms with Crippen molar-refractivity contribution < 1.29 is 4.52 Å². The zero-order valence-corrected chi connectivity index (χ0v) is 15.5. The summed E-state index contributed by atoms with van der Waals surface area (Å²) in [6.07, 6.45) is 0. The van der Waals surface area contributed by atoms with Gasteiger partial charge in [0.1, 0.15) is 5.76 Å². The minimum absolute atomic E-state index is 0.0113. The van der Waals surface area contributed by atoms with Crippen molar-refractivity contribution in [3.05, 3.63) is 50.6 Å². The first-order valence-electron chi connectivity index (χ1n) is 7.65. The molecule has 0 aliphatic heterocycles. The largest absolute Gasteiger partial charge is 0.361 e. The summed E-state index contributed by atoms with van der Waals surface area (Å²) in [5.41, 5.74) is 2.47. The normalized spacial score (nSPS) is 11.6. The Morgan fingerprint density at radius 1 is 1.33 bits per heavy atom. The lowest BCUT2D eigenvalue weighted by molar-refractivity contribution is 0.392. The van der Waals surface area contributed by atoms with Crippen molar-refractivity contribution in [1.29, 1.82) is 0 Å². The number of aryl methyl sites for hydroxylation is 2. The maximum absolute atomic E-state index is 12.8. The van der Waals surface area contributed by atoms with Crippen molar-refractivity contribution in [3.63, 3.8) is 0 Å². The molecule has 0 bridgehead atoms. The van der Waals surface area contributed by atoms with E-state index in [9.17, 15) is 4.79 Å². The molecule has 0 spiro atoms. The summed E-state index contributed by atoms with van der Waals surface area (Å²) in [7, 11) is 0. The number of benzene rings is 1. The summed E-state index contributed by atoms with van der Waals surface area (Å²) in [5.74, 6) is 1.44. The van der Waals surface area contributed by atoms with Gasteiger partial charge < -0.3 is 4.52 Å². The van der Waals surface area contributed by atoms with E-state index < -0.39 is 0 Å². The van der Waals surface area contributed by atoms with Gasteiger partial charge >= 0.3 is 0 Å². The molecule has 24 heavy (non-hydrogen) atoms. The Bertz CT molecular complexity index is 943. The molecule has 126 valence electrons. The van der Waals surface area contributed by atoms with Gasteiger partial charge in [0.05, 0.1) is 16.6 Å². The number of thioether (sulfide) groups is 1. The van der Waals surface area contributed by atoms with Crippen molar-refractivity contribution in [2.45, 2.75) is 44.6 Å². The van der Waals surface area contributed by atoms with E-state index in [-0.39, 0.29) is 11.6 Å². The van der Waals surface area contributed by atoms with Crippen LogP contribution in [0.15, 0.2) is 32.7 Å². The van der Waals surface area contributed by atoms with E-state index in [1.54, 1.807) is 22.8 Å². The van der Waals surface area contributed by atoms with Crippen LogP contribution < -0.4 is 5.56 Å². The van der Waals surface area contributed by atoms with Crippen LogP contribution in [0.3, 0.4) is 0 Å². The van der Waals surface area contributed by atoms with E-state index >= 15 is 0 Å². The molecule has 0 saturated carbocycles. The van der Waals surface area contributed by atoms with Crippen molar-refractivity contribution in [2.75, 3.05) is 0 Å². The van der Waals surface area contributed by atoms with Gasteiger partial charge in [-0.25, -0.2) is 4.98 Å². The van der Waals surface area contributed by atoms with Crippen LogP contribution >= 0.6 is 23.4 Å². The smallest absolute Gasteiger partial charge is 0.262 e. The molecule has 0 radical (unpaired) electrons. The van der Waals surface area contributed by atoms with Crippen LogP contribution in [0.25, 0.3) is 10.9 Å². The van der Waals surface area contributed by atoms with Gasteiger partial charge in [0.2, 0.25) is 0 Å². The third kappa shape index (κ3) is 3.08. The molecule has 1 aromatic carbocycles. The quantitative estimate of drug-likeness (QED) is 0.503. The highest BCUT2D eigenvalue weighted by Gasteiger charge is 2.16. The average molecular weight is 364 g/mol. The number of fused-ring (bicyclic) bond motifs is 1. The Hall–Kier alpha value is -1.79. The maximum Gasteiger partial charge on any atom is 0.262 e. The van der Waals surface area contributed by atoms with Gasteiger partial charge in [0.25, 0.3) is 5.56 Å². The summed E-state index contributed by atoms with van der Waals surface area (Å²) >= 11 is 7.55. The van der Waals surface area contributed by atoms with Crippen LogP contribution in [0.1, 0.15) is 36.9 Å². The van der Waals surface area contributed by atoms with Crippen molar-refractivity contribution >= 4 is 34.3 Å². The highest BCUT2D eigenvalue weighted by atomic mass is 35.5. The molecule has 0 aliphatic carbocycles. The molecule has 3 rings (SSSR count). The van der Waals surface area contributed by atoms with Crippen LogP contribution in [-0.2, 0) is 5.75 Å². The second kappa shape index (κ2) is 6.61. The fourth-order valence-corrected chi connectivity index (χ4v) is 4.00. The van der Waals surface area contributed by atoms with Crippen LogP contribution in [0.5, 0.6) is 0 Å². The Balaban J connectivity index is 2.08. The molecule has 0 saturated heterocycles. The summed E-state index contributed by atoms with van der Waals surface area (Å²) in [4.78, 5) is 17.5. The molecule has 0 fully saturated rings. The van der Waals surface area contributed by atoms with E-state index in [0.717, 1.165) is 17.0 Å². The second-order valence-electron chi connectivity index (χ2n) is 5.92. The second-order valence-corrected chi connectivity index (χ2v) is 7.30. The number of nitrogens with zero attached hydrogens (tertiary/aromatic N) is 3. The van der Waals surface area contributed by atoms with Gasteiger partial charge in [0.15, 0.2) is 5.16 Å². The minimum Gasteiger partial charge on any atom is -0.361 e. The summed E-state index contributed by atoms with van der Waals surface area (Å²) < 4.78 is 6.92. The first-order chi connectivity index (χ1) is 11.4. The lowest BCUT2D eigenvalue weighted by Gasteiger charge is -2.16. The summed E-state index contributed by atoms with van der Waals surface area (Å²) in [6, 6.07) is 5.18. The van der Waals surface area contributed by atoms with E-state index in [4.69, 9.17) is 16.1 Å². The van der Waals surface area contributed by atoms with Gasteiger partial charge in [-0.15, -0.1) is 0 Å². The molecule has 0 atom stereocenters. The third-order valence-electron chi connectivity index (χ3n) is 3.87. The third-order valence-corrected chi connectivity index (χ3v) is 5.09. The zero-order chi connectivity index (χ0) is 17.4. The fraction of sp³-hybridized carbons (Fsp3) is 0.353. The van der Waals surface area contributed by atoms with Crippen molar-refractivity contribution in [3.8, 4) is 0 Å². The van der Waals surface area contributed by atoms with E-state index in [2.05, 4.69) is 10.1 Å². The number of rotatable bonds is 4. The standard InChI is InChI=1S/C17H18ClN3O2S/c1-9(2)21-16(22)13-6-5-12(18)7-15(13)19-17(21)24-8-14-10(3)20-23-11(14)4/h5-7,9H,8H2,1-4H3. The molecule has 0 N–H and O–H groups in total. The van der Waals surface area contributed by atoms with Gasteiger partial charge in [-0.3, -0.25) is 9.36 Å². The topological polar surface area (TPSA) is 60.9 Å². The van der Waals surface area contributed by atoms with Crippen molar-refractivity contribution in [1.82, 2.24) is 14.7 Å². The van der Waals surface area contributed by atoms with Gasteiger partial charge in [-0.1, -0.05) is 28.5 Å². The van der Waals surface area contributed by atoms with Crippen LogP contribution in [0.4, 0.5) is 0 Å². The van der Waals surface area contributed by atoms with Crippen LogP contribution in [0.2, 0.25) is 5.02 Å². The lowest BCUT2D eigenvalue weighted by atomic mass is 10.2. The number of hydrogen-bond donors (Lipinski definition) is 0. The predicted octanol–water partition coefficient (Wildman–Crippen LogP) is 4.53. The Morgan fingerprint density at radius 3 is 2.71 bits per heavy atom. The Labute approximate surface area is 149 Å². The summed E-state index contributed by atoms with van der Waals surface area (Å²) in [5, 5.41) is 5.79. The summed E-state index contributed by atoms with van der Waals surface area (Å²) in [6.45, 7) is 7.75. The highest BCUT2D eigenvalue weighted by Crippen LogP contribution is 2.27. The van der Waals surface area contributed by atoms with Crippen LogP contribution in [-0.4, -0.2) is 14.7 Å². The molecule has 0 unspecified atom stereocenters. The predicted molar refractivity (Wildman–Crippen MR) is 96.9 cm³/mol. The van der Waals surface area contributed by atoms with E-state index in [0.29, 0.717) is 26.8 Å². The molecule has 2 aromatic heterocycles. The molecule has 2 heterocycles. The molecule has 3 aromatic rings. The molecule has 7 heteroatoms. The monoisotopic (exact) mass is 363 g/mol. The Morgan fingerprint density at radius 2 is 2.08 bits per heavy atom. The molecular weight excluding hydrogens is 346 g/mol. The maximum atomic E-state index is 12.8.